The Hall–Kier alpha value is -0.830. The average molecular weight is 286 g/mol. The standard InChI is InChI=1S/C17H22N2S/c1-2-6-15-13(5-1)19-14-11-17(8-3-4-9-17)10-7-12(14)18-16(19)20-15/h1-11H2. The Balaban J connectivity index is 1.67. The van der Waals surface area contributed by atoms with Crippen molar-refractivity contribution in [1.82, 2.24) is 9.38 Å². The van der Waals surface area contributed by atoms with Crippen molar-refractivity contribution in [2.45, 2.75) is 70.6 Å². The summed E-state index contributed by atoms with van der Waals surface area (Å²) in [7, 11) is 0. The summed E-state index contributed by atoms with van der Waals surface area (Å²) in [6.45, 7) is 0. The highest BCUT2D eigenvalue weighted by Crippen LogP contribution is 2.48. The lowest BCUT2D eigenvalue weighted by molar-refractivity contribution is 0.249. The molecule has 2 aromatic rings. The second-order valence-corrected chi connectivity index (χ2v) is 8.25. The maximum absolute atomic E-state index is 4.99. The number of imidazole rings is 1. The Morgan fingerprint density at radius 1 is 0.900 bits per heavy atom. The normalized spacial score (nSPS) is 24.2. The van der Waals surface area contributed by atoms with E-state index in [1.54, 1.807) is 16.3 Å². The van der Waals surface area contributed by atoms with Crippen molar-refractivity contribution in [1.29, 1.82) is 0 Å². The molecule has 3 heteroatoms. The Morgan fingerprint density at radius 2 is 1.75 bits per heavy atom. The minimum absolute atomic E-state index is 0.645. The first kappa shape index (κ1) is 11.8. The van der Waals surface area contributed by atoms with Crippen LogP contribution in [-0.2, 0) is 25.7 Å². The Morgan fingerprint density at radius 3 is 2.65 bits per heavy atom. The van der Waals surface area contributed by atoms with Gasteiger partial charge >= 0.3 is 0 Å². The van der Waals surface area contributed by atoms with Crippen LogP contribution in [0.2, 0.25) is 0 Å². The predicted molar refractivity (Wildman–Crippen MR) is 82.6 cm³/mol. The number of hydrogen-bond acceptors (Lipinski definition) is 2. The van der Waals surface area contributed by atoms with Gasteiger partial charge in [0, 0.05) is 16.3 Å². The molecule has 3 aliphatic rings. The van der Waals surface area contributed by atoms with Gasteiger partial charge in [-0.05, 0) is 63.2 Å². The largest absolute Gasteiger partial charge is 0.291 e. The molecular formula is C17H22N2S. The van der Waals surface area contributed by atoms with Gasteiger partial charge < -0.3 is 0 Å². The van der Waals surface area contributed by atoms with Crippen LogP contribution in [0.3, 0.4) is 0 Å². The van der Waals surface area contributed by atoms with Crippen LogP contribution >= 0.6 is 11.3 Å². The number of nitrogens with zero attached hydrogens (tertiary/aromatic N) is 2. The Labute approximate surface area is 124 Å². The molecule has 2 aromatic heterocycles. The highest BCUT2D eigenvalue weighted by molar-refractivity contribution is 7.17. The van der Waals surface area contributed by atoms with Gasteiger partial charge in [-0.25, -0.2) is 4.98 Å². The van der Waals surface area contributed by atoms with E-state index in [0.29, 0.717) is 5.41 Å². The molecule has 1 fully saturated rings. The molecule has 0 saturated heterocycles. The highest BCUT2D eigenvalue weighted by Gasteiger charge is 2.39. The summed E-state index contributed by atoms with van der Waals surface area (Å²) < 4.78 is 2.59. The molecule has 1 spiro atoms. The van der Waals surface area contributed by atoms with Gasteiger partial charge in [0.1, 0.15) is 0 Å². The third-order valence-corrected chi connectivity index (χ3v) is 7.14. The molecular weight excluding hydrogens is 264 g/mol. The number of aryl methyl sites for hydroxylation is 3. The molecule has 0 N–H and O–H groups in total. The van der Waals surface area contributed by atoms with E-state index in [1.807, 2.05) is 11.3 Å². The molecule has 5 rings (SSSR count). The molecule has 2 nitrogen and oxygen atoms in total. The molecule has 0 unspecified atom stereocenters. The van der Waals surface area contributed by atoms with Gasteiger partial charge in [0.2, 0.25) is 0 Å². The quantitative estimate of drug-likeness (QED) is 0.705. The van der Waals surface area contributed by atoms with Crippen LogP contribution in [0.5, 0.6) is 0 Å². The molecule has 1 saturated carbocycles. The minimum Gasteiger partial charge on any atom is -0.291 e. The molecule has 0 amide bonds. The monoisotopic (exact) mass is 286 g/mol. The maximum Gasteiger partial charge on any atom is 0.194 e. The average Bonchev–Trinajstić information content (AvgIpc) is 3.13. The Bertz CT molecular complexity index is 673. The van der Waals surface area contributed by atoms with Crippen molar-refractivity contribution in [2.24, 2.45) is 5.41 Å². The SMILES string of the molecule is C1CCc2c(sc3nc4c(n23)CC2(CCCC2)CC4)C1. The molecule has 20 heavy (non-hydrogen) atoms. The van der Waals surface area contributed by atoms with E-state index in [-0.39, 0.29) is 0 Å². The second kappa shape index (κ2) is 4.09. The van der Waals surface area contributed by atoms with E-state index < -0.39 is 0 Å². The van der Waals surface area contributed by atoms with Gasteiger partial charge in [0.25, 0.3) is 0 Å². The smallest absolute Gasteiger partial charge is 0.194 e. The van der Waals surface area contributed by atoms with Crippen molar-refractivity contribution in [3.05, 3.63) is 22.0 Å². The molecule has 0 aliphatic heterocycles. The van der Waals surface area contributed by atoms with Gasteiger partial charge in [-0.3, -0.25) is 4.40 Å². The van der Waals surface area contributed by atoms with Crippen LogP contribution in [-0.4, -0.2) is 9.38 Å². The number of thiazole rings is 1. The number of aromatic nitrogens is 2. The highest BCUT2D eigenvalue weighted by atomic mass is 32.1. The van der Waals surface area contributed by atoms with Gasteiger partial charge in [-0.2, -0.15) is 0 Å². The fourth-order valence-electron chi connectivity index (χ4n) is 4.90. The van der Waals surface area contributed by atoms with E-state index >= 15 is 0 Å². The van der Waals surface area contributed by atoms with E-state index in [0.717, 1.165) is 0 Å². The lowest BCUT2D eigenvalue weighted by Gasteiger charge is -2.33. The topological polar surface area (TPSA) is 17.3 Å². The third kappa shape index (κ3) is 1.53. The van der Waals surface area contributed by atoms with Gasteiger partial charge in [-0.15, -0.1) is 11.3 Å². The van der Waals surface area contributed by atoms with Crippen molar-refractivity contribution >= 4 is 16.3 Å². The number of fused-ring (bicyclic) bond motifs is 5. The summed E-state index contributed by atoms with van der Waals surface area (Å²) in [4.78, 5) is 7.93. The van der Waals surface area contributed by atoms with Crippen LogP contribution in [0.25, 0.3) is 4.96 Å². The van der Waals surface area contributed by atoms with Crippen LogP contribution in [0.1, 0.15) is 66.9 Å². The zero-order chi connectivity index (χ0) is 13.2. The zero-order valence-electron chi connectivity index (χ0n) is 12.1. The lowest BCUT2D eigenvalue weighted by atomic mass is 9.73. The van der Waals surface area contributed by atoms with Crippen molar-refractivity contribution in [3.63, 3.8) is 0 Å². The second-order valence-electron chi connectivity index (χ2n) is 7.19. The summed E-state index contributed by atoms with van der Waals surface area (Å²) in [6, 6.07) is 0. The van der Waals surface area contributed by atoms with Crippen molar-refractivity contribution < 1.29 is 0 Å². The molecule has 0 bridgehead atoms. The van der Waals surface area contributed by atoms with E-state index in [2.05, 4.69) is 4.40 Å². The summed E-state index contributed by atoms with van der Waals surface area (Å²) >= 11 is 1.98. The number of rotatable bonds is 0. The molecule has 3 aliphatic carbocycles. The summed E-state index contributed by atoms with van der Waals surface area (Å²) in [5.74, 6) is 0. The summed E-state index contributed by atoms with van der Waals surface area (Å²) in [5, 5.41) is 0. The summed E-state index contributed by atoms with van der Waals surface area (Å²) in [5.41, 5.74) is 5.31. The van der Waals surface area contributed by atoms with Crippen molar-refractivity contribution in [2.75, 3.05) is 0 Å². The first-order valence-corrected chi connectivity index (χ1v) is 9.17. The fraction of sp³-hybridized carbons (Fsp3) is 0.706. The molecule has 0 atom stereocenters. The Kier molecular flexibility index (Phi) is 2.41. The number of hydrogen-bond donors (Lipinski definition) is 0. The first-order chi connectivity index (χ1) is 9.85. The van der Waals surface area contributed by atoms with Crippen LogP contribution < -0.4 is 0 Å². The summed E-state index contributed by atoms with van der Waals surface area (Å²) in [6.07, 6.45) is 15.1. The van der Waals surface area contributed by atoms with Gasteiger partial charge in [0.05, 0.1) is 5.69 Å². The predicted octanol–water partition coefficient (Wildman–Crippen LogP) is 4.32. The third-order valence-electron chi connectivity index (χ3n) is 6.00. The van der Waals surface area contributed by atoms with Crippen LogP contribution in [0.4, 0.5) is 0 Å². The minimum atomic E-state index is 0.645. The lowest BCUT2D eigenvalue weighted by Crippen LogP contribution is -2.26. The van der Waals surface area contributed by atoms with E-state index in [9.17, 15) is 0 Å². The van der Waals surface area contributed by atoms with Crippen LogP contribution in [0, 0.1) is 5.41 Å². The molecule has 2 heterocycles. The first-order valence-electron chi connectivity index (χ1n) is 8.35. The van der Waals surface area contributed by atoms with Crippen molar-refractivity contribution in [3.8, 4) is 0 Å². The fourth-order valence-corrected chi connectivity index (χ4v) is 6.15. The molecule has 0 radical (unpaired) electrons. The van der Waals surface area contributed by atoms with Gasteiger partial charge in [-0.1, -0.05) is 12.8 Å². The maximum atomic E-state index is 4.99. The van der Waals surface area contributed by atoms with Crippen LogP contribution in [0.15, 0.2) is 0 Å². The molecule has 0 aromatic carbocycles. The van der Waals surface area contributed by atoms with Gasteiger partial charge in [0.15, 0.2) is 4.96 Å². The zero-order valence-corrected chi connectivity index (χ0v) is 12.9. The van der Waals surface area contributed by atoms with E-state index in [4.69, 9.17) is 4.98 Å². The van der Waals surface area contributed by atoms with E-state index in [1.165, 1.54) is 81.3 Å². The molecule has 106 valence electrons.